The third kappa shape index (κ3) is 21.5. The van der Waals surface area contributed by atoms with Crippen molar-refractivity contribution in [3.63, 3.8) is 0 Å². The summed E-state index contributed by atoms with van der Waals surface area (Å²) in [6, 6.07) is -8.88. The average Bonchev–Trinajstić information content (AvgIpc) is 3.88. The van der Waals surface area contributed by atoms with Gasteiger partial charge in [-0.15, -0.1) is 0 Å². The first kappa shape index (κ1) is 64.3. The summed E-state index contributed by atoms with van der Waals surface area (Å²) in [5, 5.41) is 59.3. The van der Waals surface area contributed by atoms with Crippen molar-refractivity contribution in [2.75, 3.05) is 19.7 Å². The van der Waals surface area contributed by atoms with Gasteiger partial charge in [-0.2, -0.15) is 0 Å². The molecule has 2 saturated heterocycles. The molecule has 0 bridgehead atoms. The first-order valence-electron chi connectivity index (χ1n) is 24.9. The van der Waals surface area contributed by atoms with Crippen molar-refractivity contribution >= 4 is 88.8 Å². The number of nitrogens with two attached hydrogens (primary N) is 3. The molecule has 0 aliphatic carbocycles. The number of aliphatic hydroxyl groups excluding tert-OH is 1. The van der Waals surface area contributed by atoms with E-state index in [0.29, 0.717) is 5.56 Å². The number of carboxylic acids is 3. The minimum Gasteiger partial charge on any atom is -0.481 e. The Bertz CT molecular complexity index is 2480. The van der Waals surface area contributed by atoms with Crippen molar-refractivity contribution in [2.45, 2.75) is 145 Å². The second kappa shape index (κ2) is 31.3. The van der Waals surface area contributed by atoms with Gasteiger partial charge < -0.3 is 90.4 Å². The zero-order chi connectivity index (χ0) is 59.1. The van der Waals surface area contributed by atoms with Crippen LogP contribution in [0.25, 0.3) is 0 Å². The summed E-state index contributed by atoms with van der Waals surface area (Å²) < 4.78 is 0. The van der Waals surface area contributed by atoms with Crippen molar-refractivity contribution < 1.29 is 87.5 Å². The van der Waals surface area contributed by atoms with Gasteiger partial charge in [0, 0.05) is 32.4 Å². The summed E-state index contributed by atoms with van der Waals surface area (Å²) in [5.74, 6) is -17.6. The number of aliphatic carboxylic acids is 3. The van der Waals surface area contributed by atoms with Crippen molar-refractivity contribution in [2.24, 2.45) is 22.2 Å². The number of nitrogens with zero attached hydrogens (tertiary/aromatic N) is 2. The number of rotatable bonds is 17. The lowest BCUT2D eigenvalue weighted by atomic mass is 10.0. The molecular weight excluding hydrogens is 1050 g/mol. The van der Waals surface area contributed by atoms with Gasteiger partial charge in [0.15, 0.2) is 5.96 Å². The van der Waals surface area contributed by atoms with Crippen LogP contribution in [-0.4, -0.2) is 194 Å². The maximum Gasteiger partial charge on any atom is 0.305 e. The molecule has 0 saturated carbocycles. The van der Waals surface area contributed by atoms with Gasteiger partial charge in [0.25, 0.3) is 0 Å². The number of guanidine groups is 1. The maximum atomic E-state index is 14.7. The number of fused-ring (bicyclic) bond motifs is 1. The van der Waals surface area contributed by atoms with Crippen LogP contribution < -0.4 is 65.1 Å². The minimum absolute atomic E-state index is 0.0241. The molecule has 2 aliphatic heterocycles. The molecule has 1 aromatic carbocycles. The average molecular weight is 1120 g/mol. The Kier molecular flexibility index (Phi) is 25.5. The highest BCUT2D eigenvalue weighted by Crippen LogP contribution is 2.21. The van der Waals surface area contributed by atoms with Crippen LogP contribution in [0.15, 0.2) is 35.3 Å². The first-order valence-corrected chi connectivity index (χ1v) is 24.9. The quantitative estimate of drug-likeness (QED) is 0.0391. The van der Waals surface area contributed by atoms with Crippen LogP contribution in [0.5, 0.6) is 0 Å². The summed E-state index contributed by atoms with van der Waals surface area (Å²) in [4.78, 5) is 191. The molecule has 434 valence electrons. The molecule has 3 rings (SSSR count). The summed E-state index contributed by atoms with van der Waals surface area (Å²) in [6.45, 7) is 1.03. The van der Waals surface area contributed by atoms with E-state index in [0.717, 1.165) is 11.8 Å². The molecule has 32 heteroatoms. The predicted octanol–water partition coefficient (Wildman–Crippen LogP) is -7.24. The molecule has 2 heterocycles. The first-order chi connectivity index (χ1) is 37.2. The van der Waals surface area contributed by atoms with Gasteiger partial charge in [-0.1, -0.05) is 30.3 Å². The highest BCUT2D eigenvalue weighted by atomic mass is 16.4. The number of hydrogen-bond donors (Lipinski definition) is 16. The Morgan fingerprint density at radius 2 is 0.975 bits per heavy atom. The van der Waals surface area contributed by atoms with Crippen LogP contribution in [0, 0.1) is 0 Å². The second-order valence-electron chi connectivity index (χ2n) is 18.5. The van der Waals surface area contributed by atoms with Crippen LogP contribution in [0.3, 0.4) is 0 Å². The van der Waals surface area contributed by atoms with E-state index in [4.69, 9.17) is 17.2 Å². The van der Waals surface area contributed by atoms with Crippen LogP contribution >= 0.6 is 0 Å². The summed E-state index contributed by atoms with van der Waals surface area (Å²) in [6.07, 6.45) is -5.24. The van der Waals surface area contributed by atoms with Crippen molar-refractivity contribution in [1.29, 1.82) is 0 Å². The lowest BCUT2D eigenvalue weighted by molar-refractivity contribution is -0.143. The normalized spacial score (nSPS) is 25.7. The molecule has 0 radical (unpaired) electrons. The highest BCUT2D eigenvalue weighted by Gasteiger charge is 2.41. The molecule has 2 aliphatic rings. The van der Waals surface area contributed by atoms with Crippen molar-refractivity contribution in [1.82, 2.24) is 52.8 Å². The molecule has 32 nitrogen and oxygen atoms in total. The van der Waals surface area contributed by atoms with E-state index in [-0.39, 0.29) is 51.2 Å². The van der Waals surface area contributed by atoms with Gasteiger partial charge in [-0.25, -0.2) is 0 Å². The lowest BCUT2D eigenvalue weighted by Gasteiger charge is -2.31. The number of aliphatic imine (C=N–C) groups is 1. The fourth-order valence-corrected chi connectivity index (χ4v) is 8.10. The molecule has 79 heavy (non-hydrogen) atoms. The zero-order valence-electron chi connectivity index (χ0n) is 43.2. The molecule has 19 N–H and O–H groups in total. The number of primary amides is 1. The van der Waals surface area contributed by atoms with Crippen LogP contribution in [0.4, 0.5) is 0 Å². The van der Waals surface area contributed by atoms with E-state index in [1.807, 2.05) is 10.6 Å². The number of benzene rings is 1. The van der Waals surface area contributed by atoms with Gasteiger partial charge in [-0.05, 0) is 57.9 Å². The van der Waals surface area contributed by atoms with Gasteiger partial charge in [0.05, 0.1) is 19.4 Å². The Balaban J connectivity index is 2.18. The number of nitrogens with one attached hydrogen (secondary N) is 9. The molecule has 2 fully saturated rings. The Labute approximate surface area is 450 Å². The van der Waals surface area contributed by atoms with Gasteiger partial charge in [0.2, 0.25) is 65.0 Å². The van der Waals surface area contributed by atoms with Gasteiger partial charge in [0.1, 0.15) is 60.4 Å². The maximum absolute atomic E-state index is 14.7. The third-order valence-corrected chi connectivity index (χ3v) is 12.2. The largest absolute Gasteiger partial charge is 0.481 e. The molecule has 0 aromatic heterocycles. The number of carbonyl (C=O) groups excluding carboxylic acids is 11. The fourth-order valence-electron chi connectivity index (χ4n) is 8.10. The molecular formula is C47H68N14O18. The van der Waals surface area contributed by atoms with E-state index in [9.17, 15) is 87.5 Å². The Morgan fingerprint density at radius 3 is 1.49 bits per heavy atom. The Hall–Kier alpha value is -8.97. The SMILES string of the molecule is C[C@@H]1NC(=O)[C@H](C)NC(=O)[C@H](CCC(=O)O)NC(=O)[C@H](CO)NC(=O)[C@H](CC(N)=O)NC(=O)[C@H](CC(=O)O)NC(=O)[C@H](CCC(=O)O)NC(=O)[C@@H]2CCCN2C(=O)[C@@H](Cc2ccccc2)NC(=O)[C@H](CCCN=C(N)N)NC1=O. The smallest absolute Gasteiger partial charge is 0.305 e. The standard InChI is InChI=1S/C47H68N14O18/c1-22-37(70)52-23(2)38(71)54-25(10-6-16-51-47(49)50)40(73)59-30(18-24-8-4-3-5-9-24)46(79)61-17-7-11-32(61)45(78)56-27(13-15-35(66)67)41(74)58-29(20-36(68)69)43(76)57-28(19-33(48)63)42(75)60-31(21-62)44(77)55-26(39(72)53-22)12-14-34(64)65/h3-5,8-9,22-23,25-32,62H,6-7,10-21H2,1-2H3,(H2,48,63)(H,52,70)(H,53,72)(H,54,71)(H,55,77)(H,56,78)(H,57,76)(H,58,74)(H,59,73)(H,60,75)(H,64,65)(H,66,67)(H,68,69)(H4,49,50,51)/t22-,23-,25-,26-,27-,28-,29-,30+,31-,32-/m0/s1. The number of hydrogen-bond acceptors (Lipinski definition) is 16. The number of carboxylic acid groups (broad SMARTS) is 3. The van der Waals surface area contributed by atoms with Gasteiger partial charge >= 0.3 is 17.9 Å². The molecule has 1 aromatic rings. The number of carbonyl (C=O) groups is 14. The number of amides is 11. The fraction of sp³-hybridized carbons (Fsp3) is 0.553. The molecule has 10 atom stereocenters. The van der Waals surface area contributed by atoms with Crippen LogP contribution in [0.1, 0.15) is 83.6 Å². The predicted molar refractivity (Wildman–Crippen MR) is 270 cm³/mol. The summed E-state index contributed by atoms with van der Waals surface area (Å²) >= 11 is 0. The van der Waals surface area contributed by atoms with E-state index in [1.54, 1.807) is 30.3 Å². The lowest BCUT2D eigenvalue weighted by Crippen LogP contribution is -2.61. The second-order valence-corrected chi connectivity index (χ2v) is 18.5. The van der Waals surface area contributed by atoms with E-state index < -0.39 is 188 Å². The minimum atomic E-state index is -2.15. The zero-order valence-corrected chi connectivity index (χ0v) is 43.2. The highest BCUT2D eigenvalue weighted by molar-refractivity contribution is 6.01. The Morgan fingerprint density at radius 1 is 0.544 bits per heavy atom. The monoisotopic (exact) mass is 1120 g/mol. The summed E-state index contributed by atoms with van der Waals surface area (Å²) in [5.41, 5.74) is 16.8. The molecule has 0 spiro atoms. The van der Waals surface area contributed by atoms with Crippen LogP contribution in [-0.2, 0) is 73.5 Å². The molecule has 11 amide bonds. The van der Waals surface area contributed by atoms with Crippen molar-refractivity contribution in [3.8, 4) is 0 Å². The summed E-state index contributed by atoms with van der Waals surface area (Å²) in [7, 11) is 0. The number of aliphatic hydroxyl groups is 1. The third-order valence-electron chi connectivity index (χ3n) is 12.2. The van der Waals surface area contributed by atoms with Crippen LogP contribution in [0.2, 0.25) is 0 Å². The topological polar surface area (TPSA) is 522 Å². The molecule has 0 unspecified atom stereocenters. The van der Waals surface area contributed by atoms with E-state index in [2.05, 4.69) is 42.2 Å². The van der Waals surface area contributed by atoms with Gasteiger partial charge in [-0.3, -0.25) is 72.1 Å². The van der Waals surface area contributed by atoms with E-state index >= 15 is 0 Å². The van der Waals surface area contributed by atoms with Crippen molar-refractivity contribution in [3.05, 3.63) is 35.9 Å². The van der Waals surface area contributed by atoms with E-state index in [1.165, 1.54) is 6.92 Å².